The molecule has 0 spiro atoms. The Balaban J connectivity index is 1.91. The molecule has 0 bridgehead atoms. The molecule has 0 atom stereocenters. The SMILES string of the molecule is CCOC(=O)CCc1ccc(NS(=O)(=O)c2ccc(C)cc2)c2ccccc12. The lowest BCUT2D eigenvalue weighted by Gasteiger charge is -2.14. The van der Waals surface area contributed by atoms with Crippen molar-refractivity contribution in [1.82, 2.24) is 0 Å². The van der Waals surface area contributed by atoms with Crippen LogP contribution in [-0.2, 0) is 26.0 Å². The van der Waals surface area contributed by atoms with Gasteiger partial charge in [-0.25, -0.2) is 8.42 Å². The first kappa shape index (κ1) is 19.9. The molecule has 0 saturated carbocycles. The van der Waals surface area contributed by atoms with Gasteiger partial charge < -0.3 is 4.74 Å². The molecule has 5 nitrogen and oxygen atoms in total. The normalized spacial score (nSPS) is 11.4. The summed E-state index contributed by atoms with van der Waals surface area (Å²) in [5, 5.41) is 1.70. The Labute approximate surface area is 165 Å². The summed E-state index contributed by atoms with van der Waals surface area (Å²) in [6.07, 6.45) is 0.816. The zero-order chi connectivity index (χ0) is 20.1. The molecule has 146 valence electrons. The van der Waals surface area contributed by atoms with Gasteiger partial charge in [0.05, 0.1) is 17.2 Å². The first-order valence-electron chi connectivity index (χ1n) is 9.16. The van der Waals surface area contributed by atoms with E-state index in [0.717, 1.165) is 21.9 Å². The van der Waals surface area contributed by atoms with E-state index in [2.05, 4.69) is 4.72 Å². The van der Waals surface area contributed by atoms with E-state index in [9.17, 15) is 13.2 Å². The zero-order valence-electron chi connectivity index (χ0n) is 15.9. The van der Waals surface area contributed by atoms with E-state index in [4.69, 9.17) is 4.74 Å². The molecular weight excluding hydrogens is 374 g/mol. The maximum Gasteiger partial charge on any atom is 0.306 e. The van der Waals surface area contributed by atoms with Gasteiger partial charge in [-0.05, 0) is 49.4 Å². The fraction of sp³-hybridized carbons (Fsp3) is 0.227. The largest absolute Gasteiger partial charge is 0.466 e. The number of nitrogens with one attached hydrogen (secondary N) is 1. The second-order valence-electron chi connectivity index (χ2n) is 6.54. The number of aryl methyl sites for hydroxylation is 2. The lowest BCUT2D eigenvalue weighted by atomic mass is 10.00. The van der Waals surface area contributed by atoms with Crippen LogP contribution in [0.3, 0.4) is 0 Å². The van der Waals surface area contributed by atoms with E-state index in [1.807, 2.05) is 37.3 Å². The summed E-state index contributed by atoms with van der Waals surface area (Å²) in [7, 11) is -3.69. The summed E-state index contributed by atoms with van der Waals surface area (Å²) in [4.78, 5) is 11.9. The second-order valence-corrected chi connectivity index (χ2v) is 8.22. The number of fused-ring (bicyclic) bond motifs is 1. The molecule has 6 heteroatoms. The average Bonchev–Trinajstić information content (AvgIpc) is 2.68. The fourth-order valence-electron chi connectivity index (χ4n) is 3.06. The Morgan fingerprint density at radius 3 is 2.32 bits per heavy atom. The van der Waals surface area contributed by atoms with Crippen LogP contribution in [0.4, 0.5) is 5.69 Å². The van der Waals surface area contributed by atoms with Crippen molar-refractivity contribution in [2.45, 2.75) is 31.6 Å². The third-order valence-corrected chi connectivity index (χ3v) is 5.88. The smallest absolute Gasteiger partial charge is 0.306 e. The number of ether oxygens (including phenoxy) is 1. The Hall–Kier alpha value is -2.86. The number of benzene rings is 3. The van der Waals surface area contributed by atoms with Crippen molar-refractivity contribution in [3.05, 3.63) is 71.8 Å². The van der Waals surface area contributed by atoms with Crippen LogP contribution in [0.25, 0.3) is 10.8 Å². The highest BCUT2D eigenvalue weighted by atomic mass is 32.2. The van der Waals surface area contributed by atoms with Gasteiger partial charge in [-0.2, -0.15) is 0 Å². The highest BCUT2D eigenvalue weighted by molar-refractivity contribution is 7.92. The molecule has 0 saturated heterocycles. The minimum absolute atomic E-state index is 0.216. The van der Waals surface area contributed by atoms with Crippen LogP contribution in [0.2, 0.25) is 0 Å². The third kappa shape index (κ3) is 4.51. The highest BCUT2D eigenvalue weighted by Crippen LogP contribution is 2.29. The number of carbonyl (C=O) groups is 1. The summed E-state index contributed by atoms with van der Waals surface area (Å²) in [5.41, 5.74) is 2.48. The number of hydrogen-bond donors (Lipinski definition) is 1. The molecule has 0 aliphatic carbocycles. The molecule has 0 unspecified atom stereocenters. The predicted octanol–water partition coefficient (Wildman–Crippen LogP) is 4.44. The monoisotopic (exact) mass is 397 g/mol. The van der Waals surface area contributed by atoms with Crippen LogP contribution in [0, 0.1) is 6.92 Å². The molecule has 3 rings (SSSR count). The van der Waals surface area contributed by atoms with Crippen molar-refractivity contribution >= 4 is 32.5 Å². The van der Waals surface area contributed by atoms with E-state index in [1.165, 1.54) is 0 Å². The summed E-state index contributed by atoms with van der Waals surface area (Å²) in [6, 6.07) is 17.9. The lowest BCUT2D eigenvalue weighted by molar-refractivity contribution is -0.143. The van der Waals surface area contributed by atoms with Crippen molar-refractivity contribution in [2.75, 3.05) is 11.3 Å². The van der Waals surface area contributed by atoms with Crippen LogP contribution in [0.15, 0.2) is 65.6 Å². The molecule has 0 aromatic heterocycles. The second kappa shape index (κ2) is 8.44. The van der Waals surface area contributed by atoms with Crippen molar-refractivity contribution in [1.29, 1.82) is 0 Å². The summed E-state index contributed by atoms with van der Waals surface area (Å²) >= 11 is 0. The van der Waals surface area contributed by atoms with Gasteiger partial charge in [0.1, 0.15) is 0 Å². The van der Waals surface area contributed by atoms with Crippen LogP contribution < -0.4 is 4.72 Å². The molecule has 0 aliphatic heterocycles. The molecule has 0 radical (unpaired) electrons. The number of sulfonamides is 1. The Morgan fingerprint density at radius 1 is 0.964 bits per heavy atom. The molecule has 1 N–H and O–H groups in total. The minimum Gasteiger partial charge on any atom is -0.466 e. The number of anilines is 1. The van der Waals surface area contributed by atoms with E-state index in [0.29, 0.717) is 18.7 Å². The molecule has 0 fully saturated rings. The maximum absolute atomic E-state index is 12.8. The summed E-state index contributed by atoms with van der Waals surface area (Å²) in [5.74, 6) is -0.240. The molecule has 0 aliphatic rings. The van der Waals surface area contributed by atoms with Gasteiger partial charge in [0.15, 0.2) is 0 Å². The van der Waals surface area contributed by atoms with Gasteiger partial charge in [0.25, 0.3) is 10.0 Å². The Kier molecular flexibility index (Phi) is 5.99. The van der Waals surface area contributed by atoms with Gasteiger partial charge in [-0.15, -0.1) is 0 Å². The third-order valence-electron chi connectivity index (χ3n) is 4.49. The quantitative estimate of drug-likeness (QED) is 0.598. The number of rotatable bonds is 7. The lowest BCUT2D eigenvalue weighted by Crippen LogP contribution is -2.13. The summed E-state index contributed by atoms with van der Waals surface area (Å²) < 4.78 is 33.2. The van der Waals surface area contributed by atoms with Gasteiger partial charge in [0, 0.05) is 11.8 Å². The van der Waals surface area contributed by atoms with Crippen LogP contribution in [0.5, 0.6) is 0 Å². The van der Waals surface area contributed by atoms with Gasteiger partial charge in [-0.1, -0.05) is 48.0 Å². The van der Waals surface area contributed by atoms with Gasteiger partial charge >= 0.3 is 5.97 Å². The van der Waals surface area contributed by atoms with E-state index in [1.54, 1.807) is 37.3 Å². The number of carbonyl (C=O) groups excluding carboxylic acids is 1. The molecule has 0 amide bonds. The fourth-order valence-corrected chi connectivity index (χ4v) is 4.14. The van der Waals surface area contributed by atoms with Crippen molar-refractivity contribution in [3.8, 4) is 0 Å². The molecular formula is C22H23NO4S. The van der Waals surface area contributed by atoms with Crippen molar-refractivity contribution < 1.29 is 17.9 Å². The van der Waals surface area contributed by atoms with Crippen molar-refractivity contribution in [3.63, 3.8) is 0 Å². The predicted molar refractivity (Wildman–Crippen MR) is 111 cm³/mol. The Morgan fingerprint density at radius 2 is 1.64 bits per heavy atom. The highest BCUT2D eigenvalue weighted by Gasteiger charge is 2.16. The van der Waals surface area contributed by atoms with Crippen molar-refractivity contribution in [2.24, 2.45) is 0 Å². The molecule has 28 heavy (non-hydrogen) atoms. The standard InChI is InChI=1S/C22H23NO4S/c1-3-27-22(24)15-11-17-10-14-21(20-7-5-4-6-19(17)20)23-28(25,26)18-12-8-16(2)9-13-18/h4-10,12-14,23H,3,11,15H2,1-2H3. The number of esters is 1. The van der Waals surface area contributed by atoms with Gasteiger partial charge in [-0.3, -0.25) is 9.52 Å². The number of hydrogen-bond acceptors (Lipinski definition) is 4. The first-order chi connectivity index (χ1) is 13.4. The molecule has 3 aromatic rings. The Bertz CT molecular complexity index is 1090. The van der Waals surface area contributed by atoms with E-state index >= 15 is 0 Å². The zero-order valence-corrected chi connectivity index (χ0v) is 16.8. The summed E-state index contributed by atoms with van der Waals surface area (Å²) in [6.45, 7) is 4.05. The van der Waals surface area contributed by atoms with Gasteiger partial charge in [0.2, 0.25) is 0 Å². The van der Waals surface area contributed by atoms with E-state index < -0.39 is 10.0 Å². The topological polar surface area (TPSA) is 72.5 Å². The van der Waals surface area contributed by atoms with E-state index in [-0.39, 0.29) is 17.3 Å². The van der Waals surface area contributed by atoms with Crippen LogP contribution in [0.1, 0.15) is 24.5 Å². The molecule has 3 aromatic carbocycles. The van der Waals surface area contributed by atoms with Crippen LogP contribution >= 0.6 is 0 Å². The van der Waals surface area contributed by atoms with Crippen LogP contribution in [-0.4, -0.2) is 21.0 Å². The maximum atomic E-state index is 12.8. The first-order valence-corrected chi connectivity index (χ1v) is 10.6. The average molecular weight is 397 g/mol. The molecule has 0 heterocycles. The minimum atomic E-state index is -3.69.